The number of amides is 2. The molecule has 5 aliphatic rings. The fourth-order valence-corrected chi connectivity index (χ4v) is 7.98. The second kappa shape index (κ2) is 22.0. The van der Waals surface area contributed by atoms with E-state index in [1.807, 2.05) is 0 Å². The molecule has 0 aromatic rings. The van der Waals surface area contributed by atoms with Gasteiger partial charge in [-0.25, -0.2) is 0 Å². The molecule has 0 spiro atoms. The van der Waals surface area contributed by atoms with Crippen LogP contribution in [0.4, 0.5) is 0 Å². The molecule has 2 amide bonds. The Kier molecular flexibility index (Phi) is 18.1. The Labute approximate surface area is 353 Å². The van der Waals surface area contributed by atoms with Gasteiger partial charge < -0.3 is 125 Å². The molecule has 5 fully saturated rings. The highest BCUT2D eigenvalue weighted by Gasteiger charge is 2.56. The number of hydrogen-bond donors (Lipinski definition) is 16. The third kappa shape index (κ3) is 11.0. The Hall–Kier alpha value is -1.98. The van der Waals surface area contributed by atoms with Gasteiger partial charge >= 0.3 is 0 Å². The number of aliphatic hydroxyl groups excluding tert-OH is 14. The molecule has 5 saturated heterocycles. The lowest BCUT2D eigenvalue weighted by Gasteiger charge is -2.50. The summed E-state index contributed by atoms with van der Waals surface area (Å²) in [7, 11) is 0. The van der Waals surface area contributed by atoms with Crippen LogP contribution in [0.5, 0.6) is 0 Å². The van der Waals surface area contributed by atoms with Crippen molar-refractivity contribution in [3.05, 3.63) is 0 Å². The number of aliphatic hydroxyl groups is 14. The van der Waals surface area contributed by atoms with E-state index in [9.17, 15) is 81.1 Å². The van der Waals surface area contributed by atoms with Crippen LogP contribution in [0.1, 0.15) is 20.8 Å². The third-order valence-corrected chi connectivity index (χ3v) is 11.4. The van der Waals surface area contributed by atoms with E-state index >= 15 is 0 Å². The molecular weight excluding hydrogens is 848 g/mol. The van der Waals surface area contributed by atoms with Crippen molar-refractivity contribution in [2.24, 2.45) is 0 Å². The second-order valence-corrected chi connectivity index (χ2v) is 15.8. The van der Waals surface area contributed by atoms with Crippen LogP contribution in [0.3, 0.4) is 0 Å². The van der Waals surface area contributed by atoms with Crippen molar-refractivity contribution in [1.82, 2.24) is 10.6 Å². The number of ether oxygens (including phenoxy) is 9. The molecule has 5 rings (SSSR count). The number of carbonyl (C=O) groups is 2. The summed E-state index contributed by atoms with van der Waals surface area (Å²) in [5.74, 6) is -1.29. The molecule has 27 nitrogen and oxygen atoms in total. The van der Waals surface area contributed by atoms with Crippen molar-refractivity contribution in [3.8, 4) is 0 Å². The predicted molar refractivity (Wildman–Crippen MR) is 193 cm³/mol. The van der Waals surface area contributed by atoms with Crippen LogP contribution in [-0.4, -0.2) is 270 Å². The van der Waals surface area contributed by atoms with Gasteiger partial charge in [-0.15, -0.1) is 0 Å². The lowest BCUT2D eigenvalue weighted by atomic mass is 9.92. The van der Waals surface area contributed by atoms with Gasteiger partial charge in [0.15, 0.2) is 25.2 Å². The monoisotopic (exact) mass is 908 g/mol. The summed E-state index contributed by atoms with van der Waals surface area (Å²) in [5.41, 5.74) is 0. The predicted octanol–water partition coefficient (Wildman–Crippen LogP) is -10.6. The zero-order chi connectivity index (χ0) is 45.9. The number of nitrogens with one attached hydrogen (secondary N) is 2. The molecule has 0 saturated carbocycles. The molecule has 0 aromatic heterocycles. The molecule has 27 heteroatoms. The van der Waals surface area contributed by atoms with Crippen LogP contribution < -0.4 is 10.6 Å². The van der Waals surface area contributed by atoms with Crippen molar-refractivity contribution in [3.63, 3.8) is 0 Å². The average molecular weight is 909 g/mol. The molecule has 5 aliphatic heterocycles. The molecular formula is C35H60N2O25. The van der Waals surface area contributed by atoms with E-state index in [2.05, 4.69) is 10.6 Å². The van der Waals surface area contributed by atoms with E-state index in [1.54, 1.807) is 0 Å². The summed E-state index contributed by atoms with van der Waals surface area (Å²) < 4.78 is 51.6. The second-order valence-electron chi connectivity index (χ2n) is 15.8. The van der Waals surface area contributed by atoms with E-state index in [0.29, 0.717) is 0 Å². The van der Waals surface area contributed by atoms with Gasteiger partial charge in [-0.3, -0.25) is 9.59 Å². The van der Waals surface area contributed by atoms with Crippen molar-refractivity contribution < 1.29 is 124 Å². The zero-order valence-corrected chi connectivity index (χ0v) is 33.7. The highest BCUT2D eigenvalue weighted by molar-refractivity contribution is 5.73. The van der Waals surface area contributed by atoms with Crippen molar-refractivity contribution in [1.29, 1.82) is 0 Å². The molecule has 0 aliphatic carbocycles. The maximum absolute atomic E-state index is 12.5. The Balaban J connectivity index is 1.41. The van der Waals surface area contributed by atoms with E-state index in [-0.39, 0.29) is 0 Å². The highest BCUT2D eigenvalue weighted by atomic mass is 16.8. The van der Waals surface area contributed by atoms with Gasteiger partial charge in [0.1, 0.15) is 116 Å². The van der Waals surface area contributed by atoms with E-state index in [0.717, 1.165) is 6.92 Å². The van der Waals surface area contributed by atoms with Crippen molar-refractivity contribution in [2.75, 3.05) is 33.0 Å². The smallest absolute Gasteiger partial charge is 0.217 e. The minimum atomic E-state index is -2.16. The topological polar surface area (TPSA) is 424 Å². The van der Waals surface area contributed by atoms with Crippen LogP contribution in [0.25, 0.3) is 0 Å². The third-order valence-electron chi connectivity index (χ3n) is 11.4. The molecule has 16 N–H and O–H groups in total. The quantitative estimate of drug-likeness (QED) is 0.0725. The van der Waals surface area contributed by atoms with Crippen molar-refractivity contribution >= 4 is 11.8 Å². The molecule has 25 atom stereocenters. The summed E-state index contributed by atoms with van der Waals surface area (Å²) in [4.78, 5) is 24.4. The van der Waals surface area contributed by atoms with Gasteiger partial charge in [-0.05, 0) is 6.92 Å². The fraction of sp³-hybridized carbons (Fsp3) is 0.943. The van der Waals surface area contributed by atoms with E-state index in [4.69, 9.17) is 42.6 Å². The van der Waals surface area contributed by atoms with Gasteiger partial charge in [-0.2, -0.15) is 0 Å². The minimum absolute atomic E-state index is 0.533. The normalized spacial score (nSPS) is 49.0. The summed E-state index contributed by atoms with van der Waals surface area (Å²) in [6.07, 6.45) is -40.1. The van der Waals surface area contributed by atoms with E-state index in [1.165, 1.54) is 13.8 Å². The number of hydrogen-bond acceptors (Lipinski definition) is 25. The van der Waals surface area contributed by atoms with Gasteiger partial charge in [0.2, 0.25) is 11.8 Å². The standard InChI is InChI=1S/C35H60N2O25/c1-9-17(36-10(2)42)22(47)29(14(6-40)55-9)60-32-18(37-11(3)43)23(48)30(15(7-41)58-32)61-35-28(53)31(62-34-27(52)25(50)20(45)13(5-39)57-34)21(46)16(59-35)8-54-33-26(51)24(49)19(44)12(4-38)56-33/h9,12-35,38-41,44-53H,4-8H2,1-3H3,(H,36,42)(H,37,43)/t9-,12?,13+,14?,15?,16?,17?,18?,19+,20+,21+,22+,23+,24-,25?,26?,27?,28?,29+,30+,31-,32-,33-,34+,35-/m0/s1. The van der Waals surface area contributed by atoms with Gasteiger partial charge in [0.05, 0.1) is 45.2 Å². The fourth-order valence-electron chi connectivity index (χ4n) is 7.98. The zero-order valence-electron chi connectivity index (χ0n) is 33.7. The largest absolute Gasteiger partial charge is 0.394 e. The van der Waals surface area contributed by atoms with Gasteiger partial charge in [-0.1, -0.05) is 0 Å². The van der Waals surface area contributed by atoms with Gasteiger partial charge in [0, 0.05) is 13.8 Å². The Morgan fingerprint density at radius 3 is 1.37 bits per heavy atom. The lowest BCUT2D eigenvalue weighted by Crippen LogP contribution is -2.70. The maximum atomic E-state index is 12.5. The molecule has 0 aromatic carbocycles. The Morgan fingerprint density at radius 1 is 0.435 bits per heavy atom. The summed E-state index contributed by atoms with van der Waals surface area (Å²) in [5, 5.41) is 153. The first-order valence-corrected chi connectivity index (χ1v) is 19.9. The van der Waals surface area contributed by atoms with Crippen LogP contribution in [0, 0.1) is 0 Å². The Bertz CT molecular complexity index is 1440. The first-order valence-electron chi connectivity index (χ1n) is 19.9. The average Bonchev–Trinajstić information content (AvgIpc) is 3.23. The number of carbonyl (C=O) groups excluding carboxylic acids is 2. The summed E-state index contributed by atoms with van der Waals surface area (Å²) >= 11 is 0. The SMILES string of the molecule is CC(=O)NC1[C@H](O[C@@H]2C(CO)O[C@@H](C)C(NC(C)=O)[C@H]2O)OC(CO)[C@@H](O[C@@H]2OC(CO[C@H]3OC(CO)[C@@H](O)[C@H](O)C3O)[C@@H](O)[C@H](O[C@H]3O[C@H](CO)[C@@H](O)C(O)C3O)C2O)[C@@H]1O. The molecule has 0 radical (unpaired) electrons. The lowest BCUT2D eigenvalue weighted by molar-refractivity contribution is -0.383. The number of rotatable bonds is 15. The summed E-state index contributed by atoms with van der Waals surface area (Å²) in [6.45, 7) is -0.399. The van der Waals surface area contributed by atoms with Crippen LogP contribution in [-0.2, 0) is 52.2 Å². The van der Waals surface area contributed by atoms with Crippen LogP contribution in [0.2, 0.25) is 0 Å². The Morgan fingerprint density at radius 2 is 0.839 bits per heavy atom. The molecule has 360 valence electrons. The molecule has 62 heavy (non-hydrogen) atoms. The first kappa shape index (κ1) is 51.0. The van der Waals surface area contributed by atoms with E-state index < -0.39 is 198 Å². The molecule has 0 bridgehead atoms. The maximum Gasteiger partial charge on any atom is 0.217 e. The summed E-state index contributed by atoms with van der Waals surface area (Å²) in [6, 6.07) is -2.68. The highest BCUT2D eigenvalue weighted by Crippen LogP contribution is 2.35. The molecule has 10 unspecified atom stereocenters. The molecule has 5 heterocycles. The van der Waals surface area contributed by atoms with Crippen LogP contribution >= 0.6 is 0 Å². The minimum Gasteiger partial charge on any atom is -0.394 e. The van der Waals surface area contributed by atoms with Gasteiger partial charge in [0.25, 0.3) is 0 Å². The van der Waals surface area contributed by atoms with Crippen molar-refractivity contribution in [2.45, 2.75) is 174 Å². The van der Waals surface area contributed by atoms with Crippen LogP contribution in [0.15, 0.2) is 0 Å². The first-order chi connectivity index (χ1) is 29.3.